The fourth-order valence-electron chi connectivity index (χ4n) is 6.06. The Morgan fingerprint density at radius 1 is 1.00 bits per heavy atom. The first-order valence-electron chi connectivity index (χ1n) is 14.8. The highest BCUT2D eigenvalue weighted by Gasteiger charge is 2.34. The SMILES string of the molecule is N=C(c1ccc(F)cc1[O-])C1CCN(C(=O)c2ccc(-c3cnc4c(c3)N(Cc3cc(Cl)ccc3C(F)(F)F)CCN4)cc2)CC1. The molecule has 0 spiro atoms. The van der Waals surface area contributed by atoms with Crippen LogP contribution >= 0.6 is 11.6 Å². The summed E-state index contributed by atoms with van der Waals surface area (Å²) in [6.07, 6.45) is -1.80. The number of carbonyl (C=O) groups is 1. The van der Waals surface area contributed by atoms with Crippen LogP contribution in [0.25, 0.3) is 11.1 Å². The third kappa shape index (κ3) is 6.50. The Morgan fingerprint density at radius 2 is 1.74 bits per heavy atom. The van der Waals surface area contributed by atoms with Gasteiger partial charge in [0, 0.05) is 66.7 Å². The summed E-state index contributed by atoms with van der Waals surface area (Å²) in [5.74, 6) is -0.928. The van der Waals surface area contributed by atoms with E-state index in [1.54, 1.807) is 23.2 Å². The molecule has 1 saturated heterocycles. The standard InChI is InChI=1S/C34H30ClF4N5O2/c35-25-5-8-28(34(37,38)39)24(15-25)19-44-14-11-41-32-29(44)16-23(18-42-32)20-1-3-22(4-2-20)33(46)43-12-9-21(10-13-43)31(40)27-7-6-26(36)17-30(27)45/h1-8,15-18,21,40,45H,9-14,19H2,(H,41,42)/p-1. The molecule has 6 rings (SSSR count). The van der Waals surface area contributed by atoms with E-state index in [9.17, 15) is 27.5 Å². The van der Waals surface area contributed by atoms with Gasteiger partial charge in [0.2, 0.25) is 0 Å². The van der Waals surface area contributed by atoms with E-state index in [-0.39, 0.29) is 40.2 Å². The van der Waals surface area contributed by atoms with Crippen LogP contribution < -0.4 is 15.3 Å². The summed E-state index contributed by atoms with van der Waals surface area (Å²) in [5, 5.41) is 24.0. The lowest BCUT2D eigenvalue weighted by Crippen LogP contribution is -2.40. The number of alkyl halides is 3. The Morgan fingerprint density at radius 3 is 2.43 bits per heavy atom. The van der Waals surface area contributed by atoms with Gasteiger partial charge in [-0.05, 0) is 78.1 Å². The molecule has 0 unspecified atom stereocenters. The maximum Gasteiger partial charge on any atom is 0.416 e. The lowest BCUT2D eigenvalue weighted by Gasteiger charge is -2.33. The smallest absolute Gasteiger partial charge is 0.416 e. The fraction of sp³-hybridized carbons (Fsp3) is 0.265. The van der Waals surface area contributed by atoms with Gasteiger partial charge in [0.1, 0.15) is 11.6 Å². The van der Waals surface area contributed by atoms with Gasteiger partial charge in [-0.3, -0.25) is 4.79 Å². The van der Waals surface area contributed by atoms with E-state index in [4.69, 9.17) is 17.0 Å². The predicted octanol–water partition coefficient (Wildman–Crippen LogP) is 6.99. The number of anilines is 2. The molecule has 0 bridgehead atoms. The number of pyridine rings is 1. The quantitative estimate of drug-likeness (QED) is 0.173. The number of fused-ring (bicyclic) bond motifs is 1. The molecule has 238 valence electrons. The van der Waals surface area contributed by atoms with Gasteiger partial charge < -0.3 is 25.6 Å². The first-order valence-corrected chi connectivity index (χ1v) is 15.2. The van der Waals surface area contributed by atoms with Crippen molar-refractivity contribution >= 4 is 34.7 Å². The van der Waals surface area contributed by atoms with Gasteiger partial charge in [0.05, 0.1) is 11.3 Å². The Kier molecular flexibility index (Phi) is 8.61. The number of rotatable bonds is 6. The zero-order chi connectivity index (χ0) is 32.6. The summed E-state index contributed by atoms with van der Waals surface area (Å²) in [4.78, 5) is 21.4. The maximum absolute atomic E-state index is 13.7. The predicted molar refractivity (Wildman–Crippen MR) is 167 cm³/mol. The molecule has 3 aromatic carbocycles. The number of carbonyl (C=O) groups excluding carboxylic acids is 1. The monoisotopic (exact) mass is 650 g/mol. The molecule has 1 aromatic heterocycles. The van der Waals surface area contributed by atoms with Crippen molar-refractivity contribution < 1.29 is 27.5 Å². The lowest BCUT2D eigenvalue weighted by molar-refractivity contribution is -0.268. The van der Waals surface area contributed by atoms with E-state index in [1.165, 1.54) is 24.3 Å². The molecule has 0 atom stereocenters. The average Bonchev–Trinajstić information content (AvgIpc) is 3.04. The largest absolute Gasteiger partial charge is 0.872 e. The van der Waals surface area contributed by atoms with Crippen LogP contribution in [0.1, 0.15) is 39.9 Å². The average molecular weight is 651 g/mol. The first kappa shape index (κ1) is 31.3. The molecule has 2 aliphatic heterocycles. The van der Waals surface area contributed by atoms with Crippen molar-refractivity contribution in [3.63, 3.8) is 0 Å². The van der Waals surface area contributed by atoms with Crippen molar-refractivity contribution in [2.45, 2.75) is 25.6 Å². The van der Waals surface area contributed by atoms with Gasteiger partial charge in [-0.25, -0.2) is 9.37 Å². The van der Waals surface area contributed by atoms with Crippen molar-refractivity contribution in [2.24, 2.45) is 5.92 Å². The number of likely N-dealkylation sites (tertiary alicyclic amines) is 1. The first-order chi connectivity index (χ1) is 22.0. The number of nitrogens with zero attached hydrogens (tertiary/aromatic N) is 3. The molecule has 3 heterocycles. The van der Waals surface area contributed by atoms with Crippen LogP contribution in [-0.4, -0.2) is 47.7 Å². The highest BCUT2D eigenvalue weighted by molar-refractivity contribution is 6.30. The molecule has 0 radical (unpaired) electrons. The van der Waals surface area contributed by atoms with Crippen LogP contribution in [0.3, 0.4) is 0 Å². The second-order valence-corrected chi connectivity index (χ2v) is 11.9. The molecular weight excluding hydrogens is 622 g/mol. The topological polar surface area (TPSA) is 95.4 Å². The van der Waals surface area contributed by atoms with Gasteiger partial charge in [0.15, 0.2) is 0 Å². The number of amides is 1. The number of hydrogen-bond donors (Lipinski definition) is 2. The van der Waals surface area contributed by atoms with E-state index < -0.39 is 23.3 Å². The Balaban J connectivity index is 1.14. The normalized spacial score (nSPS) is 15.3. The van der Waals surface area contributed by atoms with Gasteiger partial charge in [0.25, 0.3) is 5.91 Å². The van der Waals surface area contributed by atoms with E-state index in [2.05, 4.69) is 10.3 Å². The minimum Gasteiger partial charge on any atom is -0.872 e. The van der Waals surface area contributed by atoms with Gasteiger partial charge in [-0.1, -0.05) is 35.5 Å². The Bertz CT molecular complexity index is 1790. The van der Waals surface area contributed by atoms with Crippen molar-refractivity contribution in [3.8, 4) is 16.9 Å². The third-order valence-electron chi connectivity index (χ3n) is 8.51. The molecule has 1 amide bonds. The van der Waals surface area contributed by atoms with Crippen LogP contribution in [0, 0.1) is 17.1 Å². The van der Waals surface area contributed by atoms with Crippen LogP contribution in [0.2, 0.25) is 5.02 Å². The molecule has 7 nitrogen and oxygen atoms in total. The fourth-order valence-corrected chi connectivity index (χ4v) is 6.25. The third-order valence-corrected chi connectivity index (χ3v) is 8.74. The second kappa shape index (κ2) is 12.6. The molecule has 2 aliphatic rings. The van der Waals surface area contributed by atoms with E-state index in [0.717, 1.165) is 23.3 Å². The van der Waals surface area contributed by atoms with Crippen molar-refractivity contribution in [1.29, 1.82) is 5.41 Å². The molecule has 12 heteroatoms. The molecule has 46 heavy (non-hydrogen) atoms. The zero-order valence-corrected chi connectivity index (χ0v) is 25.3. The minimum absolute atomic E-state index is 0.000765. The van der Waals surface area contributed by atoms with Crippen molar-refractivity contribution in [2.75, 3.05) is 36.4 Å². The van der Waals surface area contributed by atoms with E-state index in [0.29, 0.717) is 56.1 Å². The highest BCUT2D eigenvalue weighted by atomic mass is 35.5. The van der Waals surface area contributed by atoms with E-state index in [1.807, 2.05) is 23.1 Å². The van der Waals surface area contributed by atoms with Gasteiger partial charge in [-0.2, -0.15) is 13.2 Å². The van der Waals surface area contributed by atoms with Gasteiger partial charge >= 0.3 is 6.18 Å². The Hall–Kier alpha value is -4.64. The molecule has 0 saturated carbocycles. The minimum atomic E-state index is -4.51. The van der Waals surface area contributed by atoms with Gasteiger partial charge in [-0.15, -0.1) is 0 Å². The van der Waals surface area contributed by atoms with Crippen LogP contribution in [0.5, 0.6) is 5.75 Å². The molecule has 4 aromatic rings. The number of hydrogen-bond acceptors (Lipinski definition) is 6. The number of nitrogens with one attached hydrogen (secondary N) is 2. The summed E-state index contributed by atoms with van der Waals surface area (Å²) in [7, 11) is 0. The summed E-state index contributed by atoms with van der Waals surface area (Å²) in [6, 6.07) is 15.9. The zero-order valence-electron chi connectivity index (χ0n) is 24.5. The summed E-state index contributed by atoms with van der Waals surface area (Å²) in [6.45, 7) is 1.82. The molecule has 0 aliphatic carbocycles. The number of halogens is 5. The number of aromatic nitrogens is 1. The lowest BCUT2D eigenvalue weighted by atomic mass is 9.87. The van der Waals surface area contributed by atoms with E-state index >= 15 is 0 Å². The summed E-state index contributed by atoms with van der Waals surface area (Å²) >= 11 is 6.06. The Labute approximate surface area is 268 Å². The van der Waals surface area contributed by atoms with Crippen molar-refractivity contribution in [1.82, 2.24) is 9.88 Å². The molecular formula is C34H29ClF4N5O2-. The summed E-state index contributed by atoms with van der Waals surface area (Å²) in [5.41, 5.74) is 2.39. The highest BCUT2D eigenvalue weighted by Crippen LogP contribution is 2.37. The number of piperidine rings is 1. The molecule has 2 N–H and O–H groups in total. The van der Waals surface area contributed by atoms with Crippen LogP contribution in [0.15, 0.2) is 72.9 Å². The second-order valence-electron chi connectivity index (χ2n) is 11.4. The van der Waals surface area contributed by atoms with Crippen LogP contribution in [0.4, 0.5) is 29.1 Å². The number of benzene rings is 3. The van der Waals surface area contributed by atoms with Crippen LogP contribution in [-0.2, 0) is 12.7 Å². The summed E-state index contributed by atoms with van der Waals surface area (Å²) < 4.78 is 54.5. The molecule has 1 fully saturated rings. The van der Waals surface area contributed by atoms with Crippen molar-refractivity contribution in [3.05, 3.63) is 106 Å². The maximum atomic E-state index is 13.7.